The first kappa shape index (κ1) is 18.2. The number of hydrogen-bond acceptors (Lipinski definition) is 3. The lowest BCUT2D eigenvalue weighted by Crippen LogP contribution is -2.12. The van der Waals surface area contributed by atoms with Gasteiger partial charge in [0.05, 0.1) is 5.69 Å². The van der Waals surface area contributed by atoms with E-state index in [1.165, 1.54) is 0 Å². The van der Waals surface area contributed by atoms with E-state index in [2.05, 4.69) is 36.0 Å². The van der Waals surface area contributed by atoms with E-state index in [-0.39, 0.29) is 5.91 Å². The fraction of sp³-hybridized carbons (Fsp3) is 0.100. The molecule has 0 spiro atoms. The zero-order chi connectivity index (χ0) is 18.8. The van der Waals surface area contributed by atoms with Crippen molar-refractivity contribution in [2.45, 2.75) is 12.8 Å². The van der Waals surface area contributed by atoms with Crippen molar-refractivity contribution in [1.29, 1.82) is 0 Å². The van der Waals surface area contributed by atoms with Gasteiger partial charge in [0.25, 0.3) is 0 Å². The SMILES string of the molecule is O=C(CCc1csc2nc(-c3ccc(Cl)cc3)cn12)Nc1ccc(Br)cc1. The third-order valence-corrected chi connectivity index (χ3v) is 5.83. The van der Waals surface area contributed by atoms with Gasteiger partial charge in [-0.2, -0.15) is 0 Å². The summed E-state index contributed by atoms with van der Waals surface area (Å²) < 4.78 is 3.04. The Morgan fingerprint density at radius 3 is 2.63 bits per heavy atom. The first-order valence-electron chi connectivity index (χ1n) is 8.35. The van der Waals surface area contributed by atoms with Crippen LogP contribution < -0.4 is 5.32 Å². The number of nitrogens with one attached hydrogen (secondary N) is 1. The van der Waals surface area contributed by atoms with Crippen LogP contribution in [0.2, 0.25) is 5.02 Å². The Kier molecular flexibility index (Phi) is 5.29. The van der Waals surface area contributed by atoms with E-state index in [0.717, 1.165) is 32.1 Å². The van der Waals surface area contributed by atoms with Gasteiger partial charge >= 0.3 is 0 Å². The van der Waals surface area contributed by atoms with Gasteiger partial charge in [-0.15, -0.1) is 11.3 Å². The average Bonchev–Trinajstić information content (AvgIpc) is 3.24. The van der Waals surface area contributed by atoms with E-state index >= 15 is 0 Å². The molecule has 0 aliphatic heterocycles. The third-order valence-electron chi connectivity index (χ3n) is 4.16. The molecule has 0 atom stereocenters. The number of benzene rings is 2. The number of amides is 1. The molecule has 1 N–H and O–H groups in total. The molecule has 7 heteroatoms. The summed E-state index contributed by atoms with van der Waals surface area (Å²) in [5.74, 6) is -0.00490. The molecule has 4 aromatic rings. The average molecular weight is 461 g/mol. The number of aryl methyl sites for hydroxylation is 1. The number of halogens is 2. The molecule has 0 bridgehead atoms. The van der Waals surface area contributed by atoms with Crippen LogP contribution in [0.25, 0.3) is 16.2 Å². The van der Waals surface area contributed by atoms with Crippen molar-refractivity contribution in [3.05, 3.63) is 75.3 Å². The van der Waals surface area contributed by atoms with E-state index in [0.29, 0.717) is 17.9 Å². The normalized spacial score (nSPS) is 11.0. The van der Waals surface area contributed by atoms with Crippen LogP contribution in [-0.4, -0.2) is 15.3 Å². The number of anilines is 1. The summed E-state index contributed by atoms with van der Waals surface area (Å²) >= 11 is 10.9. The van der Waals surface area contributed by atoms with E-state index in [1.807, 2.05) is 54.7 Å². The topological polar surface area (TPSA) is 46.4 Å². The van der Waals surface area contributed by atoms with Crippen molar-refractivity contribution in [1.82, 2.24) is 9.38 Å². The monoisotopic (exact) mass is 459 g/mol. The van der Waals surface area contributed by atoms with Crippen LogP contribution in [0.5, 0.6) is 0 Å². The van der Waals surface area contributed by atoms with E-state index < -0.39 is 0 Å². The molecule has 0 saturated heterocycles. The minimum Gasteiger partial charge on any atom is -0.326 e. The predicted octanol–water partition coefficient (Wildman–Crippen LogP) is 6.05. The van der Waals surface area contributed by atoms with Gasteiger partial charge in [0.1, 0.15) is 0 Å². The highest BCUT2D eigenvalue weighted by molar-refractivity contribution is 9.10. The van der Waals surface area contributed by atoms with Crippen molar-refractivity contribution in [3.63, 3.8) is 0 Å². The Bertz CT molecular complexity index is 1090. The molecule has 0 aliphatic carbocycles. The number of aromatic nitrogens is 2. The van der Waals surface area contributed by atoms with Gasteiger partial charge in [0.2, 0.25) is 5.91 Å². The summed E-state index contributed by atoms with van der Waals surface area (Å²) in [6.45, 7) is 0. The smallest absolute Gasteiger partial charge is 0.224 e. The van der Waals surface area contributed by atoms with Crippen LogP contribution in [0.1, 0.15) is 12.1 Å². The lowest BCUT2D eigenvalue weighted by Gasteiger charge is -2.05. The number of thiazole rings is 1. The third kappa shape index (κ3) is 4.24. The fourth-order valence-electron chi connectivity index (χ4n) is 2.77. The quantitative estimate of drug-likeness (QED) is 0.394. The highest BCUT2D eigenvalue weighted by atomic mass is 79.9. The Hall–Kier alpha value is -2.15. The maximum absolute atomic E-state index is 12.2. The van der Waals surface area contributed by atoms with E-state index in [1.54, 1.807) is 11.3 Å². The summed E-state index contributed by atoms with van der Waals surface area (Å²) in [5.41, 5.74) is 3.80. The zero-order valence-corrected chi connectivity index (χ0v) is 17.3. The number of imidazole rings is 1. The number of rotatable bonds is 5. The molecular formula is C20H15BrClN3OS. The van der Waals surface area contributed by atoms with Gasteiger partial charge in [-0.25, -0.2) is 4.98 Å². The van der Waals surface area contributed by atoms with Crippen molar-refractivity contribution in [2.75, 3.05) is 5.32 Å². The lowest BCUT2D eigenvalue weighted by molar-refractivity contribution is -0.116. The Morgan fingerprint density at radius 2 is 1.89 bits per heavy atom. The van der Waals surface area contributed by atoms with Gasteiger partial charge in [0.15, 0.2) is 4.96 Å². The number of fused-ring (bicyclic) bond motifs is 1. The minimum absolute atomic E-state index is 0.00490. The first-order valence-corrected chi connectivity index (χ1v) is 10.4. The molecule has 27 heavy (non-hydrogen) atoms. The molecule has 4 nitrogen and oxygen atoms in total. The summed E-state index contributed by atoms with van der Waals surface area (Å²) in [4.78, 5) is 17.8. The van der Waals surface area contributed by atoms with Gasteiger partial charge in [-0.1, -0.05) is 39.7 Å². The first-order chi connectivity index (χ1) is 13.1. The van der Waals surface area contributed by atoms with E-state index in [9.17, 15) is 4.79 Å². The van der Waals surface area contributed by atoms with Crippen LogP contribution in [-0.2, 0) is 11.2 Å². The molecule has 2 heterocycles. The Morgan fingerprint density at radius 1 is 1.15 bits per heavy atom. The Labute approximate surface area is 174 Å². The van der Waals surface area contributed by atoms with Crippen LogP contribution in [0, 0.1) is 0 Å². The predicted molar refractivity (Wildman–Crippen MR) is 115 cm³/mol. The highest BCUT2D eigenvalue weighted by Gasteiger charge is 2.11. The second kappa shape index (κ2) is 7.84. The maximum atomic E-state index is 12.2. The molecular weight excluding hydrogens is 446 g/mol. The number of carbonyl (C=O) groups excluding carboxylic acids is 1. The number of nitrogens with zero attached hydrogens (tertiary/aromatic N) is 2. The van der Waals surface area contributed by atoms with Crippen LogP contribution in [0.3, 0.4) is 0 Å². The highest BCUT2D eigenvalue weighted by Crippen LogP contribution is 2.25. The van der Waals surface area contributed by atoms with E-state index in [4.69, 9.17) is 11.6 Å². The van der Waals surface area contributed by atoms with Crippen LogP contribution in [0.4, 0.5) is 5.69 Å². The molecule has 0 radical (unpaired) electrons. The molecule has 2 aromatic carbocycles. The van der Waals surface area contributed by atoms with Gasteiger partial charge in [0, 0.05) is 44.4 Å². The second-order valence-corrected chi connectivity index (χ2v) is 8.26. The minimum atomic E-state index is -0.00490. The molecule has 0 fully saturated rings. The molecule has 0 aliphatic rings. The van der Waals surface area contributed by atoms with Gasteiger partial charge in [-0.05, 0) is 42.8 Å². The van der Waals surface area contributed by atoms with Crippen molar-refractivity contribution in [2.24, 2.45) is 0 Å². The van der Waals surface area contributed by atoms with Crippen molar-refractivity contribution in [3.8, 4) is 11.3 Å². The zero-order valence-electron chi connectivity index (χ0n) is 14.2. The Balaban J connectivity index is 1.45. The molecule has 2 aromatic heterocycles. The second-order valence-electron chi connectivity index (χ2n) is 6.07. The lowest BCUT2D eigenvalue weighted by atomic mass is 10.2. The summed E-state index contributed by atoms with van der Waals surface area (Å²) in [7, 11) is 0. The standard InChI is InChI=1S/C20H15BrClN3OS/c21-14-3-7-16(8-4-14)23-19(26)10-9-17-12-27-20-24-18(11-25(17)20)13-1-5-15(22)6-2-13/h1-8,11-12H,9-10H2,(H,23,26). The summed E-state index contributed by atoms with van der Waals surface area (Å²) in [6, 6.07) is 15.2. The molecule has 1 amide bonds. The van der Waals surface area contributed by atoms with Gasteiger partial charge < -0.3 is 5.32 Å². The maximum Gasteiger partial charge on any atom is 0.224 e. The van der Waals surface area contributed by atoms with Crippen molar-refractivity contribution < 1.29 is 4.79 Å². The number of carbonyl (C=O) groups is 1. The molecule has 136 valence electrons. The summed E-state index contributed by atoms with van der Waals surface area (Å²) in [6.07, 6.45) is 3.08. The van der Waals surface area contributed by atoms with Crippen LogP contribution in [0.15, 0.2) is 64.6 Å². The molecule has 0 saturated carbocycles. The van der Waals surface area contributed by atoms with Crippen LogP contribution >= 0.6 is 38.9 Å². The largest absolute Gasteiger partial charge is 0.326 e. The van der Waals surface area contributed by atoms with Gasteiger partial charge in [-0.3, -0.25) is 9.20 Å². The summed E-state index contributed by atoms with van der Waals surface area (Å²) in [5, 5.41) is 5.68. The number of hydrogen-bond donors (Lipinski definition) is 1. The van der Waals surface area contributed by atoms with Crippen molar-refractivity contribution >= 4 is 55.4 Å². The molecule has 4 rings (SSSR count). The fourth-order valence-corrected chi connectivity index (χ4v) is 4.06. The molecule has 0 unspecified atom stereocenters.